The van der Waals surface area contributed by atoms with Gasteiger partial charge in [0, 0.05) is 0 Å². The Kier molecular flexibility index (Phi) is 11.5. The van der Waals surface area contributed by atoms with Crippen LogP contribution >= 0.6 is 15.9 Å². The molecule has 0 atom stereocenters. The van der Waals surface area contributed by atoms with Crippen molar-refractivity contribution in [3.8, 4) is 28.7 Å². The number of anilines is 1. The van der Waals surface area contributed by atoms with Gasteiger partial charge in [-0.3, -0.25) is 14.9 Å². The Morgan fingerprint density at radius 2 is 1.33 bits per heavy atom. The van der Waals surface area contributed by atoms with Crippen LogP contribution in [0.2, 0.25) is 0 Å². The molecule has 6 rings (SSSR count). The number of methoxy groups -OCH3 is 1. The average molecular weight is 764 g/mol. The molecule has 0 unspecified atom stereocenters. The highest BCUT2D eigenvalue weighted by molar-refractivity contribution is 9.10. The lowest BCUT2D eigenvalue weighted by atomic mass is 10.1. The molecule has 1 N–H and O–H groups in total. The summed E-state index contributed by atoms with van der Waals surface area (Å²) in [4.78, 5) is 40.2. The third kappa shape index (κ3) is 8.62. The minimum absolute atomic E-state index is 0.183. The van der Waals surface area contributed by atoms with E-state index in [1.807, 2.05) is 85.8 Å². The van der Waals surface area contributed by atoms with Crippen molar-refractivity contribution in [3.63, 3.8) is 0 Å². The van der Waals surface area contributed by atoms with Gasteiger partial charge in [0.05, 0.1) is 23.9 Å². The van der Waals surface area contributed by atoms with Crippen molar-refractivity contribution < 1.29 is 38.1 Å². The smallest absolute Gasteiger partial charge is 0.335 e. The van der Waals surface area contributed by atoms with E-state index in [9.17, 15) is 14.4 Å². The van der Waals surface area contributed by atoms with E-state index in [2.05, 4.69) is 21.2 Å². The van der Waals surface area contributed by atoms with Crippen LogP contribution in [0.5, 0.6) is 28.7 Å². The number of benzene rings is 5. The Morgan fingerprint density at radius 1 is 0.673 bits per heavy atom. The summed E-state index contributed by atoms with van der Waals surface area (Å²) in [5.41, 5.74) is 3.39. The molecule has 0 spiro atoms. The monoisotopic (exact) mass is 762 g/mol. The van der Waals surface area contributed by atoms with E-state index in [-0.39, 0.29) is 17.9 Å². The number of nitrogens with one attached hydrogen (secondary N) is 1. The lowest BCUT2D eigenvalue weighted by Crippen LogP contribution is -2.54. The molecule has 52 heavy (non-hydrogen) atoms. The van der Waals surface area contributed by atoms with Crippen LogP contribution in [0.3, 0.4) is 0 Å². The Morgan fingerprint density at radius 3 is 1.98 bits per heavy atom. The zero-order valence-corrected chi connectivity index (χ0v) is 30.1. The number of urea groups is 1. The Labute approximate surface area is 309 Å². The molecular formula is C41H35BrN2O8. The second-order valence-electron chi connectivity index (χ2n) is 11.5. The molecule has 1 saturated heterocycles. The van der Waals surface area contributed by atoms with E-state index in [0.29, 0.717) is 58.6 Å². The third-order valence-corrected chi connectivity index (χ3v) is 8.53. The largest absolute Gasteiger partial charge is 0.493 e. The normalized spacial score (nSPS) is 13.5. The molecule has 0 bridgehead atoms. The van der Waals surface area contributed by atoms with E-state index in [4.69, 9.17) is 23.7 Å². The number of barbiturate groups is 1. The summed E-state index contributed by atoms with van der Waals surface area (Å²) in [5, 5.41) is 2.26. The molecule has 1 heterocycles. The summed E-state index contributed by atoms with van der Waals surface area (Å²) < 4.78 is 30.0. The van der Waals surface area contributed by atoms with Crippen LogP contribution in [0.1, 0.15) is 29.2 Å². The minimum atomic E-state index is -0.851. The molecule has 0 aliphatic carbocycles. The Balaban J connectivity index is 1.15. The first kappa shape index (κ1) is 35.7. The van der Waals surface area contributed by atoms with E-state index >= 15 is 0 Å². The molecule has 0 radical (unpaired) electrons. The number of hydrogen-bond acceptors (Lipinski definition) is 8. The quantitative estimate of drug-likeness (QED) is 0.0889. The van der Waals surface area contributed by atoms with Crippen LogP contribution in [0.4, 0.5) is 10.5 Å². The highest BCUT2D eigenvalue weighted by atomic mass is 79.9. The fourth-order valence-electron chi connectivity index (χ4n) is 5.37. The summed E-state index contributed by atoms with van der Waals surface area (Å²) in [6, 6.07) is 34.1. The first-order chi connectivity index (χ1) is 25.3. The van der Waals surface area contributed by atoms with Gasteiger partial charge in [0.1, 0.15) is 31.1 Å². The molecule has 0 saturated carbocycles. The summed E-state index contributed by atoms with van der Waals surface area (Å²) in [5.74, 6) is 0.965. The first-order valence-electron chi connectivity index (χ1n) is 16.4. The molecule has 11 heteroatoms. The van der Waals surface area contributed by atoms with Crippen molar-refractivity contribution in [2.75, 3.05) is 18.6 Å². The van der Waals surface area contributed by atoms with Crippen molar-refractivity contribution in [1.82, 2.24) is 5.32 Å². The highest BCUT2D eigenvalue weighted by Crippen LogP contribution is 2.39. The predicted molar refractivity (Wildman–Crippen MR) is 200 cm³/mol. The minimum Gasteiger partial charge on any atom is -0.493 e. The summed E-state index contributed by atoms with van der Waals surface area (Å²) >= 11 is 3.55. The van der Waals surface area contributed by atoms with Crippen molar-refractivity contribution in [1.29, 1.82) is 0 Å². The standard InChI is InChI=1S/C41H35BrN2O8/c1-3-49-36-22-29(14-19-35(36)51-25-28-12-8-5-9-13-28)26-52-38-34(42)21-30(23-37(38)48-2)20-33-39(45)43-41(47)44(40(33)46)31-15-17-32(18-16-31)50-24-27-10-6-4-7-11-27/h4-23H,3,24-26H2,1-2H3,(H,43,45,47)/b33-20-. The molecule has 4 amide bonds. The molecule has 0 aromatic heterocycles. The van der Waals surface area contributed by atoms with Gasteiger partial charge in [0.15, 0.2) is 23.0 Å². The fourth-order valence-corrected chi connectivity index (χ4v) is 5.95. The second-order valence-corrected chi connectivity index (χ2v) is 12.4. The van der Waals surface area contributed by atoms with Crippen LogP contribution in [-0.4, -0.2) is 31.6 Å². The fraction of sp³-hybridized carbons (Fsp3) is 0.146. The molecule has 5 aromatic carbocycles. The maximum absolute atomic E-state index is 13.6. The van der Waals surface area contributed by atoms with Crippen LogP contribution < -0.4 is 33.9 Å². The predicted octanol–water partition coefficient (Wildman–Crippen LogP) is 8.26. The van der Waals surface area contributed by atoms with Crippen molar-refractivity contribution in [3.05, 3.63) is 148 Å². The SMILES string of the molecule is CCOc1cc(COc2c(Br)cc(/C=C3/C(=O)NC(=O)N(c4ccc(OCc5ccccc5)cc4)C3=O)cc2OC)ccc1OCc1ccccc1. The zero-order valence-electron chi connectivity index (χ0n) is 28.5. The van der Waals surface area contributed by atoms with Gasteiger partial charge < -0.3 is 23.7 Å². The van der Waals surface area contributed by atoms with Crippen molar-refractivity contribution in [2.45, 2.75) is 26.7 Å². The first-order valence-corrected chi connectivity index (χ1v) is 17.2. The number of imide groups is 2. The summed E-state index contributed by atoms with van der Waals surface area (Å²) in [6.45, 7) is 3.32. The van der Waals surface area contributed by atoms with Gasteiger partial charge in [-0.25, -0.2) is 9.69 Å². The number of halogens is 1. The summed E-state index contributed by atoms with van der Waals surface area (Å²) in [6.07, 6.45) is 1.40. The lowest BCUT2D eigenvalue weighted by Gasteiger charge is -2.26. The topological polar surface area (TPSA) is 113 Å². The molecule has 5 aromatic rings. The number of ether oxygens (including phenoxy) is 5. The molecular weight excluding hydrogens is 728 g/mol. The van der Waals surface area contributed by atoms with E-state index in [1.165, 1.54) is 13.2 Å². The Bertz CT molecular complexity index is 2090. The summed E-state index contributed by atoms with van der Waals surface area (Å²) in [7, 11) is 1.49. The molecule has 1 aliphatic rings. The van der Waals surface area contributed by atoms with Crippen LogP contribution in [-0.2, 0) is 29.4 Å². The maximum Gasteiger partial charge on any atom is 0.335 e. The molecule has 264 valence electrons. The van der Waals surface area contributed by atoms with Crippen LogP contribution in [0.25, 0.3) is 6.08 Å². The van der Waals surface area contributed by atoms with Crippen molar-refractivity contribution >= 4 is 45.5 Å². The van der Waals surface area contributed by atoms with E-state index in [1.54, 1.807) is 36.4 Å². The number of rotatable bonds is 14. The van der Waals surface area contributed by atoms with Gasteiger partial charge in [0.25, 0.3) is 11.8 Å². The second kappa shape index (κ2) is 16.8. The molecule has 1 aliphatic heterocycles. The van der Waals surface area contributed by atoms with Gasteiger partial charge in [0.2, 0.25) is 0 Å². The third-order valence-electron chi connectivity index (χ3n) is 7.94. The molecule has 1 fully saturated rings. The molecule has 10 nitrogen and oxygen atoms in total. The lowest BCUT2D eigenvalue weighted by molar-refractivity contribution is -0.122. The Hall–Kier alpha value is -6.07. The maximum atomic E-state index is 13.6. The van der Waals surface area contributed by atoms with E-state index < -0.39 is 17.8 Å². The van der Waals surface area contributed by atoms with Gasteiger partial charge in [-0.2, -0.15) is 0 Å². The number of carbonyl (C=O) groups excluding carboxylic acids is 3. The van der Waals surface area contributed by atoms with Crippen molar-refractivity contribution in [2.24, 2.45) is 0 Å². The van der Waals surface area contributed by atoms with Gasteiger partial charge in [-0.05, 0) is 99.7 Å². The van der Waals surface area contributed by atoms with Gasteiger partial charge in [-0.15, -0.1) is 0 Å². The van der Waals surface area contributed by atoms with Gasteiger partial charge in [-0.1, -0.05) is 66.7 Å². The number of hydrogen-bond donors (Lipinski definition) is 1. The van der Waals surface area contributed by atoms with Gasteiger partial charge >= 0.3 is 6.03 Å². The highest BCUT2D eigenvalue weighted by Gasteiger charge is 2.37. The number of amides is 4. The zero-order chi connectivity index (χ0) is 36.5. The number of nitrogens with zero attached hydrogens (tertiary/aromatic N) is 1. The van der Waals surface area contributed by atoms with Crippen LogP contribution in [0, 0.1) is 0 Å². The van der Waals surface area contributed by atoms with E-state index in [0.717, 1.165) is 21.6 Å². The van der Waals surface area contributed by atoms with Crippen LogP contribution in [0.15, 0.2) is 125 Å². The average Bonchev–Trinajstić information content (AvgIpc) is 3.16. The number of carbonyl (C=O) groups is 3.